The van der Waals surface area contributed by atoms with Crippen LogP contribution in [0.25, 0.3) is 10.3 Å². The third-order valence-electron chi connectivity index (χ3n) is 3.90. The molecule has 0 radical (unpaired) electrons. The first-order valence-electron chi connectivity index (χ1n) is 6.70. The van der Waals surface area contributed by atoms with Gasteiger partial charge in [-0.1, -0.05) is 29.8 Å². The van der Waals surface area contributed by atoms with Crippen LogP contribution in [0.2, 0.25) is 0 Å². The second-order valence-corrected chi connectivity index (χ2v) is 6.55. The van der Waals surface area contributed by atoms with E-state index in [9.17, 15) is 4.79 Å². The molecule has 3 nitrogen and oxygen atoms in total. The minimum Gasteiger partial charge on any atom is -0.294 e. The lowest BCUT2D eigenvalue weighted by molar-refractivity contribution is 0.737. The summed E-state index contributed by atoms with van der Waals surface area (Å²) in [6, 6.07) is 8.36. The van der Waals surface area contributed by atoms with E-state index in [1.165, 1.54) is 16.0 Å². The van der Waals surface area contributed by atoms with E-state index in [0.29, 0.717) is 6.54 Å². The lowest BCUT2D eigenvalue weighted by atomic mass is 10.1. The zero-order valence-corrected chi connectivity index (χ0v) is 13.0. The largest absolute Gasteiger partial charge is 0.329 e. The van der Waals surface area contributed by atoms with Gasteiger partial charge in [-0.05, 0) is 31.9 Å². The Bertz CT molecular complexity index is 834. The number of aromatic nitrogens is 2. The summed E-state index contributed by atoms with van der Waals surface area (Å²) >= 11 is 1.70. The van der Waals surface area contributed by atoms with Crippen LogP contribution in [0.1, 0.15) is 21.6 Å². The summed E-state index contributed by atoms with van der Waals surface area (Å²) in [6.07, 6.45) is 0. The molecule has 2 heterocycles. The number of aryl methyl sites for hydroxylation is 4. The molecular weight excluding hydrogens is 268 g/mol. The molecule has 2 aromatic heterocycles. The maximum absolute atomic E-state index is 12.4. The van der Waals surface area contributed by atoms with Crippen molar-refractivity contribution >= 4 is 21.7 Å². The smallest absolute Gasteiger partial charge is 0.294 e. The first kappa shape index (κ1) is 13.2. The van der Waals surface area contributed by atoms with E-state index < -0.39 is 0 Å². The highest BCUT2D eigenvalue weighted by Gasteiger charge is 2.16. The van der Waals surface area contributed by atoms with Crippen LogP contribution in [0.3, 0.4) is 0 Å². The second kappa shape index (κ2) is 4.63. The van der Waals surface area contributed by atoms with Gasteiger partial charge in [-0.3, -0.25) is 9.13 Å². The predicted octanol–water partition coefficient (Wildman–Crippen LogP) is 3.38. The Labute approximate surface area is 122 Å². The van der Waals surface area contributed by atoms with E-state index in [1.54, 1.807) is 15.9 Å². The fourth-order valence-corrected chi connectivity index (χ4v) is 3.73. The summed E-state index contributed by atoms with van der Waals surface area (Å²) in [5.74, 6) is 0. The molecule has 0 aliphatic rings. The summed E-state index contributed by atoms with van der Waals surface area (Å²) in [5.41, 5.74) is 4.75. The summed E-state index contributed by atoms with van der Waals surface area (Å²) in [6.45, 7) is 6.91. The third kappa shape index (κ3) is 1.91. The van der Waals surface area contributed by atoms with Gasteiger partial charge in [0, 0.05) is 11.9 Å². The van der Waals surface area contributed by atoms with E-state index in [-0.39, 0.29) is 5.69 Å². The quantitative estimate of drug-likeness (QED) is 0.709. The van der Waals surface area contributed by atoms with Crippen molar-refractivity contribution in [2.45, 2.75) is 27.3 Å². The molecule has 104 valence electrons. The zero-order chi connectivity index (χ0) is 14.4. The molecule has 0 fully saturated rings. The highest BCUT2D eigenvalue weighted by atomic mass is 32.1. The number of nitrogens with zero attached hydrogens (tertiary/aromatic N) is 2. The summed E-state index contributed by atoms with van der Waals surface area (Å²) < 4.78 is 3.65. The normalized spacial score (nSPS) is 11.4. The Morgan fingerprint density at radius 3 is 2.40 bits per heavy atom. The van der Waals surface area contributed by atoms with Crippen molar-refractivity contribution in [2.24, 2.45) is 7.05 Å². The molecule has 1 aromatic carbocycles. The van der Waals surface area contributed by atoms with Crippen LogP contribution in [0, 0.1) is 20.8 Å². The molecule has 0 saturated heterocycles. The molecule has 3 rings (SSSR count). The van der Waals surface area contributed by atoms with Crippen LogP contribution in [-0.2, 0) is 13.6 Å². The molecule has 0 aliphatic heterocycles. The third-order valence-corrected chi connectivity index (χ3v) is 5.11. The molecule has 0 N–H and O–H groups in total. The number of imidazole rings is 1. The first-order valence-corrected chi connectivity index (χ1v) is 7.51. The number of benzene rings is 1. The van der Waals surface area contributed by atoms with Crippen LogP contribution in [0.5, 0.6) is 0 Å². The van der Waals surface area contributed by atoms with Crippen molar-refractivity contribution in [2.75, 3.05) is 0 Å². The molecule has 0 atom stereocenters. The molecule has 0 spiro atoms. The van der Waals surface area contributed by atoms with Gasteiger partial charge in [0.1, 0.15) is 4.83 Å². The van der Waals surface area contributed by atoms with Gasteiger partial charge in [0.25, 0.3) is 0 Å². The standard InChI is InChI=1S/C16H18N2OS/c1-10-5-7-13(8-6-10)9-18-15-14(17(4)16(18)19)11(2)12(3)20-15/h5-8H,9H2,1-4H3. The summed E-state index contributed by atoms with van der Waals surface area (Å²) in [4.78, 5) is 14.8. The highest BCUT2D eigenvalue weighted by molar-refractivity contribution is 7.18. The van der Waals surface area contributed by atoms with Crippen LogP contribution in [-0.4, -0.2) is 9.13 Å². The van der Waals surface area contributed by atoms with Crippen LogP contribution in [0.15, 0.2) is 29.1 Å². The second-order valence-electron chi connectivity index (χ2n) is 5.35. The lowest BCUT2D eigenvalue weighted by Crippen LogP contribution is -2.22. The van der Waals surface area contributed by atoms with E-state index >= 15 is 0 Å². The monoisotopic (exact) mass is 286 g/mol. The van der Waals surface area contributed by atoms with Gasteiger partial charge in [0.2, 0.25) is 0 Å². The number of rotatable bonds is 2. The van der Waals surface area contributed by atoms with Crippen molar-refractivity contribution in [1.29, 1.82) is 0 Å². The predicted molar refractivity (Wildman–Crippen MR) is 84.8 cm³/mol. The maximum Gasteiger partial charge on any atom is 0.329 e. The topological polar surface area (TPSA) is 26.9 Å². The Kier molecular flexibility index (Phi) is 3.05. The van der Waals surface area contributed by atoms with Gasteiger partial charge in [0.05, 0.1) is 12.1 Å². The van der Waals surface area contributed by atoms with Crippen LogP contribution >= 0.6 is 11.3 Å². The number of fused-ring (bicyclic) bond motifs is 1. The van der Waals surface area contributed by atoms with Gasteiger partial charge >= 0.3 is 5.69 Å². The number of thiophene rings is 1. The van der Waals surface area contributed by atoms with E-state index in [2.05, 4.69) is 45.0 Å². The molecule has 0 unspecified atom stereocenters. The fourth-order valence-electron chi connectivity index (χ4n) is 2.55. The van der Waals surface area contributed by atoms with E-state index in [1.807, 2.05) is 11.6 Å². The van der Waals surface area contributed by atoms with Gasteiger partial charge in [0.15, 0.2) is 0 Å². The van der Waals surface area contributed by atoms with Crippen molar-refractivity contribution in [3.63, 3.8) is 0 Å². The minimum atomic E-state index is 0.0647. The molecule has 0 amide bonds. The summed E-state index contributed by atoms with van der Waals surface area (Å²) in [5, 5.41) is 0. The van der Waals surface area contributed by atoms with Crippen molar-refractivity contribution in [3.8, 4) is 0 Å². The molecule has 3 aromatic rings. The maximum atomic E-state index is 12.4. The van der Waals surface area contributed by atoms with Crippen molar-refractivity contribution in [1.82, 2.24) is 9.13 Å². The molecular formula is C16H18N2OS. The van der Waals surface area contributed by atoms with Gasteiger partial charge in [-0.2, -0.15) is 0 Å². The van der Waals surface area contributed by atoms with Gasteiger partial charge in [-0.15, -0.1) is 11.3 Å². The molecule has 0 aliphatic carbocycles. The lowest BCUT2D eigenvalue weighted by Gasteiger charge is -2.03. The van der Waals surface area contributed by atoms with Gasteiger partial charge < -0.3 is 0 Å². The Morgan fingerprint density at radius 2 is 1.75 bits per heavy atom. The fraction of sp³-hybridized carbons (Fsp3) is 0.312. The molecule has 0 saturated carbocycles. The van der Waals surface area contributed by atoms with Crippen LogP contribution < -0.4 is 5.69 Å². The minimum absolute atomic E-state index is 0.0647. The summed E-state index contributed by atoms with van der Waals surface area (Å²) in [7, 11) is 1.86. The number of hydrogen-bond donors (Lipinski definition) is 0. The zero-order valence-electron chi connectivity index (χ0n) is 12.2. The van der Waals surface area contributed by atoms with E-state index in [4.69, 9.17) is 0 Å². The Morgan fingerprint density at radius 1 is 1.10 bits per heavy atom. The average Bonchev–Trinajstić information content (AvgIpc) is 2.83. The first-order chi connectivity index (χ1) is 9.49. The Balaban J connectivity index is 2.16. The SMILES string of the molecule is Cc1ccc(Cn2c(=O)n(C)c3c(C)c(C)sc32)cc1. The highest BCUT2D eigenvalue weighted by Crippen LogP contribution is 2.29. The van der Waals surface area contributed by atoms with E-state index in [0.717, 1.165) is 15.9 Å². The molecule has 4 heteroatoms. The number of hydrogen-bond acceptors (Lipinski definition) is 2. The van der Waals surface area contributed by atoms with Crippen molar-refractivity contribution < 1.29 is 0 Å². The Hall–Kier alpha value is -1.81. The van der Waals surface area contributed by atoms with Crippen molar-refractivity contribution in [3.05, 3.63) is 56.3 Å². The average molecular weight is 286 g/mol. The van der Waals surface area contributed by atoms with Gasteiger partial charge in [-0.25, -0.2) is 4.79 Å². The molecule has 20 heavy (non-hydrogen) atoms. The van der Waals surface area contributed by atoms with Crippen LogP contribution in [0.4, 0.5) is 0 Å². The molecule has 0 bridgehead atoms.